The van der Waals surface area contributed by atoms with Crippen LogP contribution in [0.4, 0.5) is 5.69 Å². The molecule has 17 heavy (non-hydrogen) atoms. The van der Waals surface area contributed by atoms with Gasteiger partial charge in [0, 0.05) is 22.4 Å². The Kier molecular flexibility index (Phi) is 3.54. The highest BCUT2D eigenvalue weighted by atomic mass is 79.9. The molecule has 0 atom stereocenters. The highest BCUT2D eigenvalue weighted by Gasteiger charge is 2.08. The summed E-state index contributed by atoms with van der Waals surface area (Å²) in [5.41, 5.74) is 2.44. The summed E-state index contributed by atoms with van der Waals surface area (Å²) in [6, 6.07) is 9.10. The quantitative estimate of drug-likeness (QED) is 0.921. The number of hydrogen-bond acceptors (Lipinski definition) is 2. The van der Waals surface area contributed by atoms with Gasteiger partial charge in [-0.15, -0.1) is 0 Å². The molecule has 0 aliphatic carbocycles. The first-order valence-corrected chi connectivity index (χ1v) is 5.94. The smallest absolute Gasteiger partial charge is 0.255 e. The fourth-order valence-corrected chi connectivity index (χ4v) is 1.81. The molecule has 1 heterocycles. The van der Waals surface area contributed by atoms with Crippen molar-refractivity contribution in [2.24, 2.45) is 0 Å². The van der Waals surface area contributed by atoms with Gasteiger partial charge in [0.1, 0.15) is 0 Å². The minimum absolute atomic E-state index is 0.140. The molecule has 1 N–H and O–H groups in total. The lowest BCUT2D eigenvalue weighted by Gasteiger charge is -2.08. The van der Waals surface area contributed by atoms with Gasteiger partial charge in [0.05, 0.1) is 5.69 Å². The van der Waals surface area contributed by atoms with E-state index >= 15 is 0 Å². The number of nitrogens with one attached hydrogen (secondary N) is 1. The summed E-state index contributed by atoms with van der Waals surface area (Å²) in [5, 5.41) is 2.85. The Bertz CT molecular complexity index is 540. The summed E-state index contributed by atoms with van der Waals surface area (Å²) in [7, 11) is 0. The first-order valence-electron chi connectivity index (χ1n) is 5.15. The van der Waals surface area contributed by atoms with Gasteiger partial charge < -0.3 is 5.32 Å². The molecule has 3 nitrogen and oxygen atoms in total. The molecule has 0 fully saturated rings. The largest absolute Gasteiger partial charge is 0.321 e. The van der Waals surface area contributed by atoms with Crippen LogP contribution >= 0.6 is 15.9 Å². The average Bonchev–Trinajstić information content (AvgIpc) is 2.36. The molecule has 2 aromatic rings. The van der Waals surface area contributed by atoms with Crippen LogP contribution in [-0.4, -0.2) is 10.9 Å². The SMILES string of the molecule is Cc1cccc(NC(=O)c2ccncc2)c1Br. The lowest BCUT2D eigenvalue weighted by atomic mass is 10.2. The summed E-state index contributed by atoms with van der Waals surface area (Å²) < 4.78 is 0.905. The molecule has 0 spiro atoms. The maximum atomic E-state index is 11.9. The van der Waals surface area contributed by atoms with E-state index in [-0.39, 0.29) is 5.91 Å². The number of carbonyl (C=O) groups excluding carboxylic acids is 1. The van der Waals surface area contributed by atoms with Crippen molar-refractivity contribution in [3.8, 4) is 0 Å². The molecule has 0 bridgehead atoms. The Morgan fingerprint density at radius 2 is 1.94 bits per heavy atom. The van der Waals surface area contributed by atoms with E-state index in [4.69, 9.17) is 0 Å². The van der Waals surface area contributed by atoms with Gasteiger partial charge in [-0.2, -0.15) is 0 Å². The topological polar surface area (TPSA) is 42.0 Å². The molecular weight excluding hydrogens is 280 g/mol. The van der Waals surface area contributed by atoms with Crippen molar-refractivity contribution in [3.63, 3.8) is 0 Å². The van der Waals surface area contributed by atoms with Gasteiger partial charge in [-0.1, -0.05) is 12.1 Å². The molecule has 0 aliphatic heterocycles. The van der Waals surface area contributed by atoms with Gasteiger partial charge in [-0.25, -0.2) is 0 Å². The van der Waals surface area contributed by atoms with Crippen LogP contribution in [0.1, 0.15) is 15.9 Å². The van der Waals surface area contributed by atoms with Gasteiger partial charge in [-0.3, -0.25) is 9.78 Å². The number of halogens is 1. The zero-order valence-electron chi connectivity index (χ0n) is 9.27. The summed E-state index contributed by atoms with van der Waals surface area (Å²) >= 11 is 3.45. The van der Waals surface area contributed by atoms with Crippen molar-refractivity contribution >= 4 is 27.5 Å². The van der Waals surface area contributed by atoms with E-state index < -0.39 is 0 Å². The summed E-state index contributed by atoms with van der Waals surface area (Å²) in [6.07, 6.45) is 3.19. The van der Waals surface area contributed by atoms with Crippen molar-refractivity contribution in [2.45, 2.75) is 6.92 Å². The van der Waals surface area contributed by atoms with Gasteiger partial charge in [-0.05, 0) is 46.6 Å². The fraction of sp³-hybridized carbons (Fsp3) is 0.0769. The lowest BCUT2D eigenvalue weighted by Crippen LogP contribution is -2.12. The molecule has 0 aliphatic rings. The second-order valence-corrected chi connectivity index (χ2v) is 4.42. The van der Waals surface area contributed by atoms with Gasteiger partial charge >= 0.3 is 0 Å². The van der Waals surface area contributed by atoms with Crippen molar-refractivity contribution in [1.29, 1.82) is 0 Å². The summed E-state index contributed by atoms with van der Waals surface area (Å²) in [5.74, 6) is -0.140. The van der Waals surface area contributed by atoms with E-state index in [1.807, 2.05) is 25.1 Å². The van der Waals surface area contributed by atoms with Crippen LogP contribution in [-0.2, 0) is 0 Å². The molecule has 0 saturated carbocycles. The third kappa shape index (κ3) is 2.71. The number of hydrogen-bond donors (Lipinski definition) is 1. The zero-order chi connectivity index (χ0) is 12.3. The predicted octanol–water partition coefficient (Wildman–Crippen LogP) is 3.40. The number of carbonyl (C=O) groups is 1. The van der Waals surface area contributed by atoms with E-state index in [9.17, 15) is 4.79 Å². The standard InChI is InChI=1S/C13H11BrN2O/c1-9-3-2-4-11(12(9)14)16-13(17)10-5-7-15-8-6-10/h2-8H,1H3,(H,16,17). The highest BCUT2D eigenvalue weighted by molar-refractivity contribution is 9.10. The van der Waals surface area contributed by atoms with Crippen molar-refractivity contribution in [2.75, 3.05) is 5.32 Å². The molecule has 1 amide bonds. The zero-order valence-corrected chi connectivity index (χ0v) is 10.9. The minimum atomic E-state index is -0.140. The second-order valence-electron chi connectivity index (χ2n) is 3.63. The number of anilines is 1. The van der Waals surface area contributed by atoms with E-state index in [1.54, 1.807) is 24.5 Å². The number of nitrogens with zero attached hydrogens (tertiary/aromatic N) is 1. The van der Waals surface area contributed by atoms with E-state index in [0.717, 1.165) is 15.7 Å². The summed E-state index contributed by atoms with van der Waals surface area (Å²) in [6.45, 7) is 1.98. The molecule has 1 aromatic heterocycles. The van der Waals surface area contributed by atoms with Crippen LogP contribution in [0.5, 0.6) is 0 Å². The number of rotatable bonds is 2. The molecule has 1 aromatic carbocycles. The molecule has 86 valence electrons. The Balaban J connectivity index is 2.22. The molecular formula is C13H11BrN2O. The van der Waals surface area contributed by atoms with Crippen molar-refractivity contribution < 1.29 is 4.79 Å². The lowest BCUT2D eigenvalue weighted by molar-refractivity contribution is 0.102. The van der Waals surface area contributed by atoms with Gasteiger partial charge in [0.2, 0.25) is 0 Å². The molecule has 4 heteroatoms. The molecule has 0 unspecified atom stereocenters. The fourth-order valence-electron chi connectivity index (χ4n) is 1.44. The Morgan fingerprint density at radius 1 is 1.24 bits per heavy atom. The number of amides is 1. The van der Waals surface area contributed by atoms with Crippen LogP contribution < -0.4 is 5.32 Å². The van der Waals surface area contributed by atoms with Crippen LogP contribution in [0, 0.1) is 6.92 Å². The van der Waals surface area contributed by atoms with Crippen LogP contribution in [0.2, 0.25) is 0 Å². The number of aryl methyl sites for hydroxylation is 1. The average molecular weight is 291 g/mol. The van der Waals surface area contributed by atoms with Crippen LogP contribution in [0.3, 0.4) is 0 Å². The maximum Gasteiger partial charge on any atom is 0.255 e. The number of benzene rings is 1. The highest BCUT2D eigenvalue weighted by Crippen LogP contribution is 2.26. The predicted molar refractivity (Wildman–Crippen MR) is 71.1 cm³/mol. The molecule has 0 radical (unpaired) electrons. The van der Waals surface area contributed by atoms with E-state index in [0.29, 0.717) is 5.56 Å². The first-order chi connectivity index (χ1) is 8.18. The van der Waals surface area contributed by atoms with Crippen LogP contribution in [0.25, 0.3) is 0 Å². The number of pyridine rings is 1. The van der Waals surface area contributed by atoms with E-state index in [2.05, 4.69) is 26.2 Å². The van der Waals surface area contributed by atoms with Gasteiger partial charge in [0.15, 0.2) is 0 Å². The van der Waals surface area contributed by atoms with Crippen LogP contribution in [0.15, 0.2) is 47.2 Å². The summed E-state index contributed by atoms with van der Waals surface area (Å²) in [4.78, 5) is 15.8. The molecule has 2 rings (SSSR count). The van der Waals surface area contributed by atoms with Crippen molar-refractivity contribution in [1.82, 2.24) is 4.98 Å². The monoisotopic (exact) mass is 290 g/mol. The minimum Gasteiger partial charge on any atom is -0.321 e. The van der Waals surface area contributed by atoms with E-state index in [1.165, 1.54) is 0 Å². The Labute approximate surface area is 108 Å². The second kappa shape index (κ2) is 5.10. The van der Waals surface area contributed by atoms with Crippen molar-refractivity contribution in [3.05, 3.63) is 58.3 Å². The Hall–Kier alpha value is -1.68. The molecule has 0 saturated heterocycles. The third-order valence-electron chi connectivity index (χ3n) is 2.38. The van der Waals surface area contributed by atoms with Gasteiger partial charge in [0.25, 0.3) is 5.91 Å². The third-order valence-corrected chi connectivity index (χ3v) is 3.44. The number of aromatic nitrogens is 1. The maximum absolute atomic E-state index is 11.9. The Morgan fingerprint density at radius 3 is 2.65 bits per heavy atom. The first kappa shape index (κ1) is 11.8. The normalized spacial score (nSPS) is 10.0.